The number of carboxylic acid groups (broad SMARTS) is 1. The fraction of sp³-hybridized carbons (Fsp3) is 0.385. The summed E-state index contributed by atoms with van der Waals surface area (Å²) in [5.41, 5.74) is 2.91. The van der Waals surface area contributed by atoms with Gasteiger partial charge in [0.25, 0.3) is 0 Å². The van der Waals surface area contributed by atoms with Crippen LogP contribution in [0.1, 0.15) is 26.3 Å². The van der Waals surface area contributed by atoms with Crippen molar-refractivity contribution in [2.45, 2.75) is 31.9 Å². The summed E-state index contributed by atoms with van der Waals surface area (Å²) < 4.78 is 5.85. The maximum Gasteiger partial charge on any atom is 0.343 e. The molecule has 0 aliphatic carbocycles. The number of benzene rings is 1. The number of carbonyl (C=O) groups is 2. The van der Waals surface area contributed by atoms with Crippen LogP contribution in [0.4, 0.5) is 0 Å². The van der Waals surface area contributed by atoms with E-state index in [0.29, 0.717) is 0 Å². The maximum absolute atomic E-state index is 12.1. The van der Waals surface area contributed by atoms with Crippen molar-refractivity contribution in [3.8, 4) is 0 Å². The zero-order chi connectivity index (χ0) is 14.8. The molecule has 0 saturated carbocycles. The van der Waals surface area contributed by atoms with E-state index in [-0.39, 0.29) is 5.56 Å². The summed E-state index contributed by atoms with van der Waals surface area (Å²) >= 11 is 3.23. The lowest BCUT2D eigenvalue weighted by Crippen LogP contribution is -2.54. The summed E-state index contributed by atoms with van der Waals surface area (Å²) in [6.07, 6.45) is 0. The lowest BCUT2D eigenvalue weighted by Gasteiger charge is -2.28. The first kappa shape index (κ1) is 15.7. The van der Waals surface area contributed by atoms with Gasteiger partial charge in [0.05, 0.1) is 0 Å². The van der Waals surface area contributed by atoms with Crippen LogP contribution in [0.5, 0.6) is 0 Å². The molecule has 0 amide bonds. The Bertz CT molecular complexity index is 492. The van der Waals surface area contributed by atoms with Gasteiger partial charge < -0.3 is 15.6 Å². The van der Waals surface area contributed by atoms with Crippen molar-refractivity contribution in [2.24, 2.45) is 5.73 Å². The molecule has 0 aliphatic heterocycles. The standard InChI is InChI=1S/C13H16BrNO4/c1-12(2,3)19-11(18)13(15,10(16)17)8-4-6-9(14)7-5-8/h4-7H,15H2,1-3H3,(H,16,17). The maximum atomic E-state index is 12.1. The minimum atomic E-state index is -2.21. The molecule has 1 aromatic carbocycles. The molecule has 6 heteroatoms. The first-order valence-electron chi connectivity index (χ1n) is 5.59. The van der Waals surface area contributed by atoms with Gasteiger partial charge in [-0.25, -0.2) is 9.59 Å². The minimum Gasteiger partial charge on any atom is -0.479 e. The zero-order valence-corrected chi connectivity index (χ0v) is 12.5. The molecule has 0 aromatic heterocycles. The molecular formula is C13H16BrNO4. The molecule has 1 rings (SSSR count). The summed E-state index contributed by atoms with van der Waals surface area (Å²) in [4.78, 5) is 23.5. The quantitative estimate of drug-likeness (QED) is 0.654. The average Bonchev–Trinajstić information content (AvgIpc) is 2.26. The van der Waals surface area contributed by atoms with Crippen molar-refractivity contribution in [3.63, 3.8) is 0 Å². The topological polar surface area (TPSA) is 89.6 Å². The Labute approximate surface area is 119 Å². The Morgan fingerprint density at radius 1 is 1.21 bits per heavy atom. The van der Waals surface area contributed by atoms with Crippen LogP contribution in [0.15, 0.2) is 28.7 Å². The Hall–Kier alpha value is -1.40. The molecule has 0 spiro atoms. The lowest BCUT2D eigenvalue weighted by atomic mass is 9.91. The van der Waals surface area contributed by atoms with Crippen molar-refractivity contribution < 1.29 is 19.4 Å². The summed E-state index contributed by atoms with van der Waals surface area (Å²) in [6, 6.07) is 6.18. The normalized spacial score (nSPS) is 14.6. The predicted octanol–water partition coefficient (Wildman–Crippen LogP) is 2.03. The van der Waals surface area contributed by atoms with Gasteiger partial charge in [-0.3, -0.25) is 0 Å². The first-order valence-corrected chi connectivity index (χ1v) is 6.38. The van der Waals surface area contributed by atoms with E-state index in [9.17, 15) is 14.7 Å². The minimum absolute atomic E-state index is 0.164. The van der Waals surface area contributed by atoms with Gasteiger partial charge in [-0.05, 0) is 38.5 Å². The molecule has 0 bridgehead atoms. The number of rotatable bonds is 3. The van der Waals surface area contributed by atoms with Crippen molar-refractivity contribution >= 4 is 27.9 Å². The second kappa shape index (κ2) is 5.30. The largest absolute Gasteiger partial charge is 0.479 e. The number of carbonyl (C=O) groups excluding carboxylic acids is 1. The molecule has 5 nitrogen and oxygen atoms in total. The van der Waals surface area contributed by atoms with Gasteiger partial charge in [-0.2, -0.15) is 0 Å². The van der Waals surface area contributed by atoms with Crippen LogP contribution < -0.4 is 5.73 Å². The van der Waals surface area contributed by atoms with E-state index in [1.54, 1.807) is 32.9 Å². The molecule has 0 aliphatic rings. The fourth-order valence-electron chi connectivity index (χ4n) is 1.40. The summed E-state index contributed by atoms with van der Waals surface area (Å²) in [5.74, 6) is -2.45. The third kappa shape index (κ3) is 3.54. The Kier molecular flexibility index (Phi) is 4.37. The number of esters is 1. The number of ether oxygens (including phenoxy) is 1. The third-order valence-corrected chi connectivity index (χ3v) is 2.89. The van der Waals surface area contributed by atoms with Crippen molar-refractivity contribution in [1.29, 1.82) is 0 Å². The van der Waals surface area contributed by atoms with E-state index >= 15 is 0 Å². The van der Waals surface area contributed by atoms with Crippen LogP contribution in [0.25, 0.3) is 0 Å². The van der Waals surface area contributed by atoms with Gasteiger partial charge in [0.15, 0.2) is 0 Å². The van der Waals surface area contributed by atoms with E-state index in [4.69, 9.17) is 10.5 Å². The molecule has 1 aromatic rings. The van der Waals surface area contributed by atoms with E-state index in [2.05, 4.69) is 15.9 Å². The fourth-order valence-corrected chi connectivity index (χ4v) is 1.66. The molecule has 19 heavy (non-hydrogen) atoms. The molecule has 1 unspecified atom stereocenters. The van der Waals surface area contributed by atoms with Gasteiger partial charge in [-0.1, -0.05) is 28.1 Å². The molecule has 3 N–H and O–H groups in total. The van der Waals surface area contributed by atoms with Crippen LogP contribution in [-0.4, -0.2) is 22.6 Å². The monoisotopic (exact) mass is 329 g/mol. The second-order valence-electron chi connectivity index (χ2n) is 5.12. The number of nitrogens with two attached hydrogens (primary N) is 1. The van der Waals surface area contributed by atoms with Gasteiger partial charge in [0.1, 0.15) is 5.60 Å². The Morgan fingerprint density at radius 2 is 1.68 bits per heavy atom. The smallest absolute Gasteiger partial charge is 0.343 e. The number of aliphatic carboxylic acids is 1. The van der Waals surface area contributed by atoms with Crippen LogP contribution in [0.2, 0.25) is 0 Å². The van der Waals surface area contributed by atoms with Crippen LogP contribution in [-0.2, 0) is 19.9 Å². The van der Waals surface area contributed by atoms with Crippen molar-refractivity contribution in [2.75, 3.05) is 0 Å². The highest BCUT2D eigenvalue weighted by Crippen LogP contribution is 2.25. The highest BCUT2D eigenvalue weighted by molar-refractivity contribution is 9.10. The molecular weight excluding hydrogens is 314 g/mol. The second-order valence-corrected chi connectivity index (χ2v) is 6.04. The number of hydrogen-bond donors (Lipinski definition) is 2. The molecule has 0 fully saturated rings. The number of halogens is 1. The van der Waals surface area contributed by atoms with Gasteiger partial charge >= 0.3 is 11.9 Å². The SMILES string of the molecule is CC(C)(C)OC(=O)C(N)(C(=O)O)c1ccc(Br)cc1. The van der Waals surface area contributed by atoms with Gasteiger partial charge in [0.2, 0.25) is 5.54 Å². The summed E-state index contributed by atoms with van der Waals surface area (Å²) in [7, 11) is 0. The average molecular weight is 330 g/mol. The van der Waals surface area contributed by atoms with Gasteiger partial charge in [-0.15, -0.1) is 0 Å². The molecule has 0 radical (unpaired) electrons. The van der Waals surface area contributed by atoms with Crippen LogP contribution in [0.3, 0.4) is 0 Å². The Morgan fingerprint density at radius 3 is 2.05 bits per heavy atom. The molecule has 104 valence electrons. The molecule has 1 atom stereocenters. The predicted molar refractivity (Wildman–Crippen MR) is 73.5 cm³/mol. The number of hydrogen-bond acceptors (Lipinski definition) is 4. The van der Waals surface area contributed by atoms with Crippen molar-refractivity contribution in [1.82, 2.24) is 0 Å². The highest BCUT2D eigenvalue weighted by atomic mass is 79.9. The van der Waals surface area contributed by atoms with Crippen LogP contribution in [0, 0.1) is 0 Å². The van der Waals surface area contributed by atoms with E-state index in [1.165, 1.54) is 12.1 Å². The van der Waals surface area contributed by atoms with Gasteiger partial charge in [0, 0.05) is 4.47 Å². The summed E-state index contributed by atoms with van der Waals surface area (Å²) in [6.45, 7) is 4.94. The summed E-state index contributed by atoms with van der Waals surface area (Å²) in [5, 5.41) is 9.28. The zero-order valence-electron chi connectivity index (χ0n) is 10.9. The van der Waals surface area contributed by atoms with E-state index in [1.807, 2.05) is 0 Å². The number of carboxylic acids is 1. The van der Waals surface area contributed by atoms with Crippen LogP contribution >= 0.6 is 15.9 Å². The Balaban J connectivity index is 3.21. The molecule has 0 heterocycles. The van der Waals surface area contributed by atoms with Crippen molar-refractivity contribution in [3.05, 3.63) is 34.3 Å². The molecule has 0 saturated heterocycles. The lowest BCUT2D eigenvalue weighted by molar-refractivity contribution is -0.169. The third-order valence-electron chi connectivity index (χ3n) is 2.36. The highest BCUT2D eigenvalue weighted by Gasteiger charge is 2.47. The first-order chi connectivity index (χ1) is 8.57. The van der Waals surface area contributed by atoms with E-state index < -0.39 is 23.1 Å². The van der Waals surface area contributed by atoms with E-state index in [0.717, 1.165) is 4.47 Å².